The Balaban J connectivity index is 2.49. The van der Waals surface area contributed by atoms with Crippen molar-refractivity contribution in [1.29, 1.82) is 0 Å². The Bertz CT molecular complexity index is 548. The number of fused-ring (bicyclic) bond motifs is 1. The highest BCUT2D eigenvalue weighted by atomic mass is 16.7. The molecule has 1 saturated carbocycles. The van der Waals surface area contributed by atoms with Gasteiger partial charge in [-0.3, -0.25) is 14.4 Å². The van der Waals surface area contributed by atoms with Crippen molar-refractivity contribution in [2.75, 3.05) is 6.61 Å². The fourth-order valence-corrected chi connectivity index (χ4v) is 3.80. The van der Waals surface area contributed by atoms with E-state index in [1.807, 2.05) is 0 Å². The summed E-state index contributed by atoms with van der Waals surface area (Å²) in [5, 5.41) is 20.9. The van der Waals surface area contributed by atoms with Crippen LogP contribution in [0.3, 0.4) is 0 Å². The van der Waals surface area contributed by atoms with E-state index in [-0.39, 0.29) is 12.8 Å². The van der Waals surface area contributed by atoms with Gasteiger partial charge >= 0.3 is 17.9 Å². The second-order valence-corrected chi connectivity index (χ2v) is 6.44. The van der Waals surface area contributed by atoms with Gasteiger partial charge in [-0.2, -0.15) is 0 Å². The number of aliphatic hydroxyl groups excluding tert-OH is 1. The van der Waals surface area contributed by atoms with E-state index in [9.17, 15) is 24.6 Å². The molecule has 2 rings (SSSR count). The number of ether oxygens (including phenoxy) is 4. The molecule has 1 aliphatic carbocycles. The summed E-state index contributed by atoms with van der Waals surface area (Å²) >= 11 is 0. The zero-order chi connectivity index (χ0) is 18.8. The van der Waals surface area contributed by atoms with Gasteiger partial charge in [0.25, 0.3) is 0 Å². The third kappa shape index (κ3) is 3.49. The molecule has 2 N–H and O–H groups in total. The second kappa shape index (κ2) is 7.27. The highest BCUT2D eigenvalue weighted by molar-refractivity contribution is 5.68. The summed E-state index contributed by atoms with van der Waals surface area (Å²) in [5.74, 6) is -2.03. The zero-order valence-corrected chi connectivity index (χ0v) is 14.5. The van der Waals surface area contributed by atoms with Crippen molar-refractivity contribution in [1.82, 2.24) is 0 Å². The van der Waals surface area contributed by atoms with Crippen LogP contribution in [0.15, 0.2) is 0 Å². The summed E-state index contributed by atoms with van der Waals surface area (Å²) in [6.07, 6.45) is -2.19. The van der Waals surface area contributed by atoms with Crippen molar-refractivity contribution in [2.45, 2.75) is 76.2 Å². The number of rotatable bonds is 5. The highest BCUT2D eigenvalue weighted by Crippen LogP contribution is 2.53. The summed E-state index contributed by atoms with van der Waals surface area (Å²) in [5.41, 5.74) is -3.40. The van der Waals surface area contributed by atoms with Crippen LogP contribution in [0.2, 0.25) is 0 Å². The molecule has 5 atom stereocenters. The average molecular weight is 360 g/mol. The molecule has 1 saturated heterocycles. The molecule has 0 aromatic carbocycles. The van der Waals surface area contributed by atoms with E-state index in [1.54, 1.807) is 0 Å². The van der Waals surface area contributed by atoms with Crippen molar-refractivity contribution < 1.29 is 43.5 Å². The number of hydrogen-bond donors (Lipinski definition) is 2. The van der Waals surface area contributed by atoms with E-state index in [4.69, 9.17) is 18.9 Å². The minimum absolute atomic E-state index is 0.160. The van der Waals surface area contributed by atoms with E-state index < -0.39 is 54.2 Å². The lowest BCUT2D eigenvalue weighted by atomic mass is 9.69. The molecule has 0 aromatic rings. The fraction of sp³-hybridized carbons (Fsp3) is 0.812. The van der Waals surface area contributed by atoms with Crippen LogP contribution in [0.25, 0.3) is 0 Å². The molecule has 25 heavy (non-hydrogen) atoms. The van der Waals surface area contributed by atoms with Gasteiger partial charge in [0.1, 0.15) is 6.10 Å². The van der Waals surface area contributed by atoms with Crippen LogP contribution >= 0.6 is 0 Å². The number of hydrogen-bond acceptors (Lipinski definition) is 9. The maximum Gasteiger partial charge on any atom is 0.305 e. The largest absolute Gasteiger partial charge is 0.457 e. The van der Waals surface area contributed by atoms with Crippen LogP contribution < -0.4 is 0 Å². The molecule has 0 bridgehead atoms. The number of esters is 3. The van der Waals surface area contributed by atoms with Crippen molar-refractivity contribution >= 4 is 17.9 Å². The Morgan fingerprint density at radius 1 is 1.12 bits per heavy atom. The van der Waals surface area contributed by atoms with E-state index in [2.05, 4.69) is 0 Å². The lowest BCUT2D eigenvalue weighted by Crippen LogP contribution is -2.65. The van der Waals surface area contributed by atoms with Gasteiger partial charge in [-0.05, 0) is 19.3 Å². The van der Waals surface area contributed by atoms with Crippen molar-refractivity contribution in [3.8, 4) is 0 Å². The van der Waals surface area contributed by atoms with E-state index in [0.717, 1.165) is 13.8 Å². The van der Waals surface area contributed by atoms with Crippen LogP contribution in [0, 0.1) is 0 Å². The first-order chi connectivity index (χ1) is 11.7. The zero-order valence-electron chi connectivity index (χ0n) is 14.5. The van der Waals surface area contributed by atoms with Gasteiger partial charge in [-0.1, -0.05) is 6.42 Å². The van der Waals surface area contributed by atoms with Crippen LogP contribution in [0.4, 0.5) is 0 Å². The molecule has 2 aliphatic rings. The third-order valence-corrected chi connectivity index (χ3v) is 4.64. The van der Waals surface area contributed by atoms with Gasteiger partial charge < -0.3 is 29.2 Å². The topological polar surface area (TPSA) is 129 Å². The molecule has 9 heteroatoms. The SMILES string of the molecule is CC(=O)O[C@@H]1O[C@@H]([C@H](CO)OC(C)=O)[C@]2(OC(C)=O)CCCC[C@@]12O. The maximum absolute atomic E-state index is 11.7. The van der Waals surface area contributed by atoms with E-state index >= 15 is 0 Å². The fourth-order valence-electron chi connectivity index (χ4n) is 3.80. The lowest BCUT2D eigenvalue weighted by molar-refractivity contribution is -0.232. The maximum atomic E-state index is 11.7. The molecule has 1 aliphatic heterocycles. The van der Waals surface area contributed by atoms with Gasteiger partial charge in [-0.25, -0.2) is 0 Å². The summed E-state index contributed by atoms with van der Waals surface area (Å²) in [7, 11) is 0. The first kappa shape index (κ1) is 19.6. The third-order valence-electron chi connectivity index (χ3n) is 4.64. The molecule has 9 nitrogen and oxygen atoms in total. The van der Waals surface area contributed by atoms with Crippen molar-refractivity contribution in [3.63, 3.8) is 0 Å². The van der Waals surface area contributed by atoms with E-state index in [0.29, 0.717) is 12.8 Å². The van der Waals surface area contributed by atoms with Crippen LogP contribution in [-0.2, 0) is 33.3 Å². The Morgan fingerprint density at radius 3 is 2.28 bits per heavy atom. The predicted octanol–water partition coefficient (Wildman–Crippen LogP) is -0.195. The molecule has 1 heterocycles. The summed E-state index contributed by atoms with van der Waals surface area (Å²) in [6, 6.07) is 0. The minimum Gasteiger partial charge on any atom is -0.457 e. The standard InChI is InChI=1S/C16H24O9/c1-9(18)22-12(8-17)13-16(25-11(3)20)7-5-4-6-15(16,21)14(24-13)23-10(2)19/h12-14,17,21H,4-8H2,1-3H3/t12-,13-,14+,15+,16+/m0/s1. The van der Waals surface area contributed by atoms with Crippen LogP contribution in [0.1, 0.15) is 46.5 Å². The average Bonchev–Trinajstić information content (AvgIpc) is 2.73. The van der Waals surface area contributed by atoms with Gasteiger partial charge in [0.2, 0.25) is 6.29 Å². The van der Waals surface area contributed by atoms with Gasteiger partial charge in [0.05, 0.1) is 6.61 Å². The van der Waals surface area contributed by atoms with Crippen molar-refractivity contribution in [2.24, 2.45) is 0 Å². The summed E-state index contributed by atoms with van der Waals surface area (Å²) in [6.45, 7) is 2.88. The Kier molecular flexibility index (Phi) is 5.70. The first-order valence-electron chi connectivity index (χ1n) is 8.19. The highest BCUT2D eigenvalue weighted by Gasteiger charge is 2.72. The monoisotopic (exact) mass is 360 g/mol. The Morgan fingerprint density at radius 2 is 1.76 bits per heavy atom. The van der Waals surface area contributed by atoms with Gasteiger partial charge in [0.15, 0.2) is 17.3 Å². The lowest BCUT2D eigenvalue weighted by Gasteiger charge is -2.47. The molecule has 0 aromatic heterocycles. The molecule has 2 fully saturated rings. The molecule has 0 spiro atoms. The number of carbonyl (C=O) groups excluding carboxylic acids is 3. The minimum atomic E-state index is -1.80. The summed E-state index contributed by atoms with van der Waals surface area (Å²) in [4.78, 5) is 34.5. The molecule has 0 unspecified atom stereocenters. The molecule has 142 valence electrons. The quantitative estimate of drug-likeness (QED) is 0.506. The molecule has 0 radical (unpaired) electrons. The van der Waals surface area contributed by atoms with E-state index in [1.165, 1.54) is 6.92 Å². The van der Waals surface area contributed by atoms with Crippen molar-refractivity contribution in [3.05, 3.63) is 0 Å². The second-order valence-electron chi connectivity index (χ2n) is 6.44. The van der Waals surface area contributed by atoms with Gasteiger partial charge in [-0.15, -0.1) is 0 Å². The normalized spacial score (nSPS) is 35.4. The first-order valence-corrected chi connectivity index (χ1v) is 8.19. The number of aliphatic hydroxyl groups is 2. The molecular formula is C16H24O9. The van der Waals surface area contributed by atoms with Crippen LogP contribution in [-0.4, -0.2) is 64.4 Å². The predicted molar refractivity (Wildman–Crippen MR) is 81.0 cm³/mol. The Labute approximate surface area is 145 Å². The Hall–Kier alpha value is -1.71. The van der Waals surface area contributed by atoms with Gasteiger partial charge in [0, 0.05) is 20.8 Å². The molecule has 0 amide bonds. The smallest absolute Gasteiger partial charge is 0.305 e. The summed E-state index contributed by atoms with van der Waals surface area (Å²) < 4.78 is 21.3. The molecular weight excluding hydrogens is 336 g/mol. The van der Waals surface area contributed by atoms with Crippen LogP contribution in [0.5, 0.6) is 0 Å². The number of carbonyl (C=O) groups is 3.